The predicted molar refractivity (Wildman–Crippen MR) is 175 cm³/mol. The summed E-state index contributed by atoms with van der Waals surface area (Å²) in [6.45, 7) is 0. The van der Waals surface area contributed by atoms with Gasteiger partial charge in [-0.3, -0.25) is 4.40 Å². The molecule has 9 aromatic rings. The third-order valence-electron chi connectivity index (χ3n) is 8.48. The number of benzene rings is 6. The van der Waals surface area contributed by atoms with Crippen LogP contribution in [0.15, 0.2) is 152 Å². The van der Waals surface area contributed by atoms with E-state index in [0.717, 1.165) is 39.4 Å². The molecule has 0 amide bonds. The van der Waals surface area contributed by atoms with Gasteiger partial charge in [-0.05, 0) is 29.7 Å². The largest absolute Gasteiger partial charge is 0.309 e. The molecule has 42 heavy (non-hydrogen) atoms. The lowest BCUT2D eigenvalue weighted by molar-refractivity contribution is 1.18. The lowest BCUT2D eigenvalue weighted by atomic mass is 9.99. The van der Waals surface area contributed by atoms with Crippen LogP contribution in [-0.4, -0.2) is 14.0 Å². The zero-order chi connectivity index (χ0) is 27.6. The van der Waals surface area contributed by atoms with Crippen molar-refractivity contribution < 1.29 is 0 Å². The fourth-order valence-electron chi connectivity index (χ4n) is 6.73. The highest BCUT2D eigenvalue weighted by Gasteiger charge is 2.24. The smallest absolute Gasteiger partial charge is 0.145 e. The molecule has 0 atom stereocenters. The Hall–Kier alpha value is -5.67. The topological polar surface area (TPSA) is 22.2 Å². The van der Waals surface area contributed by atoms with Gasteiger partial charge in [0.2, 0.25) is 0 Å². The van der Waals surface area contributed by atoms with Gasteiger partial charge in [-0.1, -0.05) is 127 Å². The number of imidazole rings is 1. The van der Waals surface area contributed by atoms with Gasteiger partial charge in [0, 0.05) is 38.4 Å². The van der Waals surface area contributed by atoms with Gasteiger partial charge < -0.3 is 4.57 Å². The molecule has 3 heteroatoms. The van der Waals surface area contributed by atoms with Crippen molar-refractivity contribution in [2.45, 2.75) is 0 Å². The molecule has 0 aliphatic carbocycles. The van der Waals surface area contributed by atoms with Crippen LogP contribution in [0.3, 0.4) is 0 Å². The van der Waals surface area contributed by atoms with Crippen LogP contribution in [0, 0.1) is 0 Å². The Labute approximate surface area is 242 Å². The second-order valence-electron chi connectivity index (χ2n) is 10.8. The number of hydrogen-bond acceptors (Lipinski definition) is 1. The molecule has 0 aliphatic rings. The maximum Gasteiger partial charge on any atom is 0.145 e. The zero-order valence-corrected chi connectivity index (χ0v) is 22.8. The van der Waals surface area contributed by atoms with Crippen molar-refractivity contribution in [3.63, 3.8) is 0 Å². The molecule has 0 spiro atoms. The molecule has 0 aliphatic heterocycles. The van der Waals surface area contributed by atoms with E-state index in [2.05, 4.69) is 161 Å². The van der Waals surface area contributed by atoms with Gasteiger partial charge in [0.25, 0.3) is 0 Å². The molecule has 0 radical (unpaired) electrons. The fourth-order valence-corrected chi connectivity index (χ4v) is 6.73. The van der Waals surface area contributed by atoms with Gasteiger partial charge in [-0.15, -0.1) is 0 Å². The summed E-state index contributed by atoms with van der Waals surface area (Å²) < 4.78 is 4.83. The van der Waals surface area contributed by atoms with Gasteiger partial charge >= 0.3 is 0 Å². The summed E-state index contributed by atoms with van der Waals surface area (Å²) in [6, 6.07) is 54.0. The van der Waals surface area contributed by atoms with E-state index in [4.69, 9.17) is 4.98 Å². The van der Waals surface area contributed by atoms with Crippen LogP contribution in [0.5, 0.6) is 0 Å². The third kappa shape index (κ3) is 3.19. The molecular weight excluding hydrogens is 510 g/mol. The van der Waals surface area contributed by atoms with Crippen molar-refractivity contribution in [3.8, 4) is 28.3 Å². The minimum absolute atomic E-state index is 0.946. The second kappa shape index (κ2) is 8.92. The average molecular weight is 536 g/mol. The summed E-state index contributed by atoms with van der Waals surface area (Å²) in [4.78, 5) is 5.45. The first-order valence-electron chi connectivity index (χ1n) is 14.3. The number of hydrogen-bond donors (Lipinski definition) is 0. The normalized spacial score (nSPS) is 11.8. The lowest BCUT2D eigenvalue weighted by Gasteiger charge is -2.15. The molecule has 6 aromatic carbocycles. The molecule has 0 bridgehead atoms. The number of pyridine rings is 1. The van der Waals surface area contributed by atoms with Crippen molar-refractivity contribution >= 4 is 49.0 Å². The Morgan fingerprint density at radius 2 is 0.952 bits per heavy atom. The molecule has 3 heterocycles. The van der Waals surface area contributed by atoms with Crippen LogP contribution in [0.2, 0.25) is 0 Å². The first-order valence-corrected chi connectivity index (χ1v) is 14.3. The second-order valence-corrected chi connectivity index (χ2v) is 10.8. The summed E-state index contributed by atoms with van der Waals surface area (Å²) in [6.07, 6.45) is 0. The van der Waals surface area contributed by atoms with E-state index in [-0.39, 0.29) is 0 Å². The van der Waals surface area contributed by atoms with E-state index in [1.54, 1.807) is 0 Å². The minimum Gasteiger partial charge on any atom is -0.309 e. The summed E-state index contributed by atoms with van der Waals surface area (Å²) >= 11 is 0. The Bertz CT molecular complexity index is 2430. The van der Waals surface area contributed by atoms with Crippen molar-refractivity contribution in [2.75, 3.05) is 0 Å². The Morgan fingerprint density at radius 1 is 0.405 bits per heavy atom. The highest BCUT2D eigenvalue weighted by Crippen LogP contribution is 2.44. The molecule has 0 saturated carbocycles. The summed E-state index contributed by atoms with van der Waals surface area (Å²) in [7, 11) is 0. The quantitative estimate of drug-likeness (QED) is 0.206. The van der Waals surface area contributed by atoms with Crippen molar-refractivity contribution in [1.82, 2.24) is 14.0 Å². The zero-order valence-electron chi connectivity index (χ0n) is 22.8. The maximum absolute atomic E-state index is 5.45. The molecule has 0 N–H and O–H groups in total. The Balaban J connectivity index is 1.62. The van der Waals surface area contributed by atoms with Crippen LogP contribution in [0.25, 0.3) is 77.3 Å². The lowest BCUT2D eigenvalue weighted by Crippen LogP contribution is -1.98. The van der Waals surface area contributed by atoms with Crippen LogP contribution in [0.4, 0.5) is 0 Å². The minimum atomic E-state index is 0.946. The number of rotatable bonds is 3. The molecule has 0 saturated heterocycles. The average Bonchev–Trinajstić information content (AvgIpc) is 3.63. The highest BCUT2D eigenvalue weighted by atomic mass is 15.0. The first kappa shape index (κ1) is 23.1. The molecular formula is C39H25N3. The third-order valence-corrected chi connectivity index (χ3v) is 8.48. The summed E-state index contributed by atoms with van der Waals surface area (Å²) in [5, 5.41) is 6.12. The van der Waals surface area contributed by atoms with E-state index >= 15 is 0 Å². The molecule has 3 nitrogen and oxygen atoms in total. The van der Waals surface area contributed by atoms with E-state index in [9.17, 15) is 0 Å². The van der Waals surface area contributed by atoms with E-state index < -0.39 is 0 Å². The van der Waals surface area contributed by atoms with E-state index in [0.29, 0.717) is 0 Å². The predicted octanol–water partition coefficient (Wildman–Crippen LogP) is 10.1. The fraction of sp³-hybridized carbons (Fsp3) is 0. The maximum atomic E-state index is 5.45. The SMILES string of the molecule is c1ccc(-c2nc(-c3ccccc3)n3c4ccccc4c4ccc5c6ccccc6n(-c6ccccc6)c5c4c23)cc1. The van der Waals surface area contributed by atoms with Crippen LogP contribution >= 0.6 is 0 Å². The van der Waals surface area contributed by atoms with Crippen molar-refractivity contribution in [3.05, 3.63) is 152 Å². The van der Waals surface area contributed by atoms with Crippen LogP contribution in [0.1, 0.15) is 0 Å². The number of aromatic nitrogens is 3. The van der Waals surface area contributed by atoms with Gasteiger partial charge in [-0.2, -0.15) is 0 Å². The molecule has 196 valence electrons. The molecule has 0 fully saturated rings. The monoisotopic (exact) mass is 535 g/mol. The van der Waals surface area contributed by atoms with E-state index in [1.165, 1.54) is 38.0 Å². The van der Waals surface area contributed by atoms with Gasteiger partial charge in [0.1, 0.15) is 5.82 Å². The van der Waals surface area contributed by atoms with Gasteiger partial charge in [-0.25, -0.2) is 4.98 Å². The first-order chi connectivity index (χ1) is 20.9. The Morgan fingerprint density at radius 3 is 1.67 bits per heavy atom. The summed E-state index contributed by atoms with van der Waals surface area (Å²) in [5.74, 6) is 0.946. The number of para-hydroxylation sites is 3. The molecule has 0 unspecified atom stereocenters. The van der Waals surface area contributed by atoms with Crippen molar-refractivity contribution in [2.24, 2.45) is 0 Å². The number of nitrogens with zero attached hydrogens (tertiary/aromatic N) is 3. The summed E-state index contributed by atoms with van der Waals surface area (Å²) in [5.41, 5.74) is 9.00. The molecule has 3 aromatic heterocycles. The van der Waals surface area contributed by atoms with Gasteiger partial charge in [0.05, 0.1) is 27.8 Å². The van der Waals surface area contributed by atoms with E-state index in [1.807, 2.05) is 0 Å². The highest BCUT2D eigenvalue weighted by molar-refractivity contribution is 6.28. The standard InChI is InChI=1S/C39H25N3/c1-4-14-26(15-5-1)36-38-35-31(29-20-10-13-23-34(29)42(38)39(40-36)27-16-6-2-7-17-27)24-25-32-30-21-11-12-22-33(30)41(37(32)35)28-18-8-3-9-19-28/h1-25H. The Kier molecular flexibility index (Phi) is 4.90. The molecule has 9 rings (SSSR count). The number of fused-ring (bicyclic) bond motifs is 10. The van der Waals surface area contributed by atoms with Crippen LogP contribution < -0.4 is 0 Å². The van der Waals surface area contributed by atoms with Crippen LogP contribution in [-0.2, 0) is 0 Å². The van der Waals surface area contributed by atoms with Crippen molar-refractivity contribution in [1.29, 1.82) is 0 Å². The van der Waals surface area contributed by atoms with Gasteiger partial charge in [0.15, 0.2) is 0 Å².